The fraction of sp³-hybridized carbons (Fsp3) is 0.818. The van der Waals surface area contributed by atoms with E-state index in [0.717, 1.165) is 12.8 Å². The van der Waals surface area contributed by atoms with E-state index in [-0.39, 0.29) is 17.7 Å². The second kappa shape index (κ2) is 5.11. The highest BCUT2D eigenvalue weighted by molar-refractivity contribution is 7.58. The Morgan fingerprint density at radius 2 is 2.12 bits per heavy atom. The smallest absolute Gasteiger partial charge is 0.394 e. The first kappa shape index (κ1) is 13.1. The summed E-state index contributed by atoms with van der Waals surface area (Å²) in [4.78, 5) is 0. The summed E-state index contributed by atoms with van der Waals surface area (Å²) in [6.45, 7) is 2.76. The molecule has 5 nitrogen and oxygen atoms in total. The molecule has 3 atom stereocenters. The third kappa shape index (κ3) is 2.43. The van der Waals surface area contributed by atoms with E-state index in [1.807, 2.05) is 6.08 Å². The Kier molecular flexibility index (Phi) is 3.93. The molecule has 0 aliphatic carbocycles. The quantitative estimate of drug-likeness (QED) is 0.732. The van der Waals surface area contributed by atoms with Crippen LogP contribution in [0, 0.1) is 11.8 Å². The van der Waals surface area contributed by atoms with Crippen LogP contribution >= 0.6 is 7.60 Å². The van der Waals surface area contributed by atoms with E-state index in [1.165, 1.54) is 14.2 Å². The van der Waals surface area contributed by atoms with Gasteiger partial charge in [-0.25, -0.2) is 0 Å². The second-order valence-electron chi connectivity index (χ2n) is 4.39. The predicted octanol–water partition coefficient (Wildman–Crippen LogP) is 2.73. The lowest BCUT2D eigenvalue weighted by molar-refractivity contribution is -0.183. The molecule has 0 amide bonds. The van der Waals surface area contributed by atoms with Gasteiger partial charge < -0.3 is 18.5 Å². The van der Waals surface area contributed by atoms with Crippen molar-refractivity contribution < 1.29 is 23.1 Å². The number of ether oxygens (including phenoxy) is 2. The van der Waals surface area contributed by atoms with Crippen molar-refractivity contribution in [2.75, 3.05) is 20.8 Å². The summed E-state index contributed by atoms with van der Waals surface area (Å²) < 4.78 is 33.3. The van der Waals surface area contributed by atoms with E-state index in [2.05, 4.69) is 6.92 Å². The van der Waals surface area contributed by atoms with Crippen molar-refractivity contribution in [3.8, 4) is 0 Å². The maximum Gasteiger partial charge on any atom is 0.394 e. The Labute approximate surface area is 102 Å². The van der Waals surface area contributed by atoms with Crippen molar-refractivity contribution in [2.24, 2.45) is 11.8 Å². The van der Waals surface area contributed by atoms with Crippen molar-refractivity contribution in [3.05, 3.63) is 11.6 Å². The topological polar surface area (TPSA) is 54.0 Å². The molecular formula is C11H19O5P. The zero-order chi connectivity index (χ0) is 12.5. The maximum absolute atomic E-state index is 12.2. The van der Waals surface area contributed by atoms with Crippen molar-refractivity contribution in [3.63, 3.8) is 0 Å². The number of rotatable bonds is 3. The van der Waals surface area contributed by atoms with Gasteiger partial charge >= 0.3 is 7.60 Å². The molecule has 0 aromatic heterocycles. The molecule has 0 saturated carbocycles. The minimum absolute atomic E-state index is 0.252. The summed E-state index contributed by atoms with van der Waals surface area (Å²) in [5.41, 5.74) is 0.276. The van der Waals surface area contributed by atoms with E-state index in [4.69, 9.17) is 18.5 Å². The zero-order valence-corrected chi connectivity index (χ0v) is 11.3. The SMILES string of the molecule is COP(=O)(OC)C1=C[C@@H](C)[C@@H]2CCCO[C@H]2O1. The van der Waals surface area contributed by atoms with Gasteiger partial charge in [-0.2, -0.15) is 0 Å². The van der Waals surface area contributed by atoms with Gasteiger partial charge in [0.1, 0.15) is 0 Å². The van der Waals surface area contributed by atoms with Crippen LogP contribution in [-0.4, -0.2) is 27.1 Å². The van der Waals surface area contributed by atoms with Gasteiger partial charge in [-0.1, -0.05) is 6.92 Å². The summed E-state index contributed by atoms with van der Waals surface area (Å²) in [6, 6.07) is 0. The first-order valence-corrected chi connectivity index (χ1v) is 7.37. The Morgan fingerprint density at radius 1 is 1.41 bits per heavy atom. The molecular weight excluding hydrogens is 243 g/mol. The number of fused-ring (bicyclic) bond motifs is 1. The van der Waals surface area contributed by atoms with Crippen LogP contribution in [0.2, 0.25) is 0 Å². The largest absolute Gasteiger partial charge is 0.456 e. The molecule has 6 heteroatoms. The van der Waals surface area contributed by atoms with Gasteiger partial charge in [0.2, 0.25) is 11.8 Å². The molecule has 2 aliphatic heterocycles. The van der Waals surface area contributed by atoms with E-state index in [1.54, 1.807) is 0 Å². The van der Waals surface area contributed by atoms with Gasteiger partial charge in [0.25, 0.3) is 0 Å². The molecule has 0 radical (unpaired) electrons. The average Bonchev–Trinajstić information content (AvgIpc) is 2.38. The normalized spacial score (nSPS) is 33.6. The van der Waals surface area contributed by atoms with Crippen LogP contribution in [0.5, 0.6) is 0 Å². The van der Waals surface area contributed by atoms with Crippen molar-refractivity contribution >= 4 is 7.60 Å². The summed E-state index contributed by atoms with van der Waals surface area (Å²) in [7, 11) is -0.590. The molecule has 0 bridgehead atoms. The van der Waals surface area contributed by atoms with Crippen LogP contribution < -0.4 is 0 Å². The summed E-state index contributed by atoms with van der Waals surface area (Å²) in [6.07, 6.45) is 3.63. The van der Waals surface area contributed by atoms with E-state index < -0.39 is 7.60 Å². The van der Waals surface area contributed by atoms with E-state index in [9.17, 15) is 4.57 Å². The van der Waals surface area contributed by atoms with Crippen molar-refractivity contribution in [1.29, 1.82) is 0 Å². The molecule has 0 unspecified atom stereocenters. The monoisotopic (exact) mass is 262 g/mol. The van der Waals surface area contributed by atoms with Gasteiger partial charge in [0, 0.05) is 20.1 Å². The lowest BCUT2D eigenvalue weighted by atomic mass is 9.87. The molecule has 0 spiro atoms. The number of hydrogen-bond donors (Lipinski definition) is 0. The maximum atomic E-state index is 12.2. The van der Waals surface area contributed by atoms with Crippen LogP contribution in [-0.2, 0) is 23.1 Å². The summed E-state index contributed by atoms with van der Waals surface area (Å²) in [5, 5.41) is 0. The van der Waals surface area contributed by atoms with E-state index >= 15 is 0 Å². The van der Waals surface area contributed by atoms with Gasteiger partial charge in [-0.05, 0) is 24.8 Å². The first-order valence-electron chi connectivity index (χ1n) is 5.83. The number of hydrogen-bond acceptors (Lipinski definition) is 5. The Bertz CT molecular complexity index is 346. The minimum Gasteiger partial charge on any atom is -0.456 e. The highest BCUT2D eigenvalue weighted by Gasteiger charge is 2.41. The van der Waals surface area contributed by atoms with Crippen LogP contribution in [0.4, 0.5) is 0 Å². The lowest BCUT2D eigenvalue weighted by Crippen LogP contribution is -2.38. The highest BCUT2D eigenvalue weighted by Crippen LogP contribution is 2.58. The summed E-state index contributed by atoms with van der Waals surface area (Å²) in [5.74, 6) is 0.581. The molecule has 0 N–H and O–H groups in total. The molecule has 1 fully saturated rings. The van der Waals surface area contributed by atoms with Crippen LogP contribution in [0.15, 0.2) is 11.6 Å². The molecule has 2 aliphatic rings. The lowest BCUT2D eigenvalue weighted by Gasteiger charge is -2.39. The van der Waals surface area contributed by atoms with Gasteiger partial charge in [-0.3, -0.25) is 4.57 Å². The van der Waals surface area contributed by atoms with Gasteiger partial charge in [-0.15, -0.1) is 0 Å². The second-order valence-corrected chi connectivity index (χ2v) is 6.56. The molecule has 2 rings (SSSR count). The van der Waals surface area contributed by atoms with Crippen LogP contribution in [0.3, 0.4) is 0 Å². The standard InChI is InChI=1S/C11H19O5P/c1-8-7-10(17(12,13-2)14-3)16-11-9(8)5-4-6-15-11/h7-9,11H,4-6H2,1-3H3/t8-,9+,11+/m1/s1. The minimum atomic E-state index is -3.30. The third-order valence-electron chi connectivity index (χ3n) is 3.38. The molecule has 98 valence electrons. The third-order valence-corrected chi connectivity index (χ3v) is 5.14. The van der Waals surface area contributed by atoms with E-state index in [0.29, 0.717) is 12.5 Å². The highest BCUT2D eigenvalue weighted by atomic mass is 31.2. The van der Waals surface area contributed by atoms with Crippen molar-refractivity contribution in [1.82, 2.24) is 0 Å². The first-order chi connectivity index (χ1) is 8.10. The molecule has 1 saturated heterocycles. The van der Waals surface area contributed by atoms with Gasteiger partial charge in [0.05, 0.1) is 6.61 Å². The Balaban J connectivity index is 2.23. The average molecular weight is 262 g/mol. The molecule has 2 heterocycles. The Morgan fingerprint density at radius 3 is 2.76 bits per heavy atom. The number of allylic oxidation sites excluding steroid dienone is 1. The fourth-order valence-electron chi connectivity index (χ4n) is 2.33. The zero-order valence-electron chi connectivity index (χ0n) is 10.4. The van der Waals surface area contributed by atoms with Crippen molar-refractivity contribution in [2.45, 2.75) is 26.1 Å². The molecule has 0 aromatic carbocycles. The fourth-order valence-corrected chi connectivity index (χ4v) is 3.49. The Hall–Kier alpha value is -0.350. The molecule has 17 heavy (non-hydrogen) atoms. The van der Waals surface area contributed by atoms with Crippen LogP contribution in [0.25, 0.3) is 0 Å². The summed E-state index contributed by atoms with van der Waals surface area (Å²) >= 11 is 0. The van der Waals surface area contributed by atoms with Gasteiger partial charge in [0.15, 0.2) is 0 Å². The van der Waals surface area contributed by atoms with Crippen LogP contribution in [0.1, 0.15) is 19.8 Å². The predicted molar refractivity (Wildman–Crippen MR) is 62.4 cm³/mol. The molecule has 0 aromatic rings.